The number of benzene rings is 1. The van der Waals surface area contributed by atoms with Crippen molar-refractivity contribution in [2.24, 2.45) is 0 Å². The van der Waals surface area contributed by atoms with E-state index in [1.165, 1.54) is 7.11 Å². The standard InChI is InChI=1S/C16H17N3O2S/c1-16(2)10-19(12-6-4-5-7-13(12)22-16)15(20)11-8-9-14(21-3)18-17-11/h4-9H,10H2,1-3H3. The second-order valence-electron chi connectivity index (χ2n) is 5.68. The number of carbonyl (C=O) groups excluding carboxylic acids is 1. The first-order valence-electron chi connectivity index (χ1n) is 6.98. The van der Waals surface area contributed by atoms with Gasteiger partial charge in [-0.25, -0.2) is 0 Å². The minimum atomic E-state index is -0.143. The predicted octanol–water partition coefficient (Wildman–Crippen LogP) is 3.02. The number of methoxy groups -OCH3 is 1. The summed E-state index contributed by atoms with van der Waals surface area (Å²) in [7, 11) is 1.52. The lowest BCUT2D eigenvalue weighted by Gasteiger charge is -2.38. The summed E-state index contributed by atoms with van der Waals surface area (Å²) in [4.78, 5) is 15.7. The van der Waals surface area contributed by atoms with Gasteiger partial charge in [0.1, 0.15) is 0 Å². The number of hydrogen-bond donors (Lipinski definition) is 0. The molecule has 3 rings (SSSR count). The van der Waals surface area contributed by atoms with E-state index in [0.29, 0.717) is 18.1 Å². The Morgan fingerprint density at radius 3 is 2.68 bits per heavy atom. The maximum atomic E-state index is 12.8. The lowest BCUT2D eigenvalue weighted by molar-refractivity contribution is 0.0978. The van der Waals surface area contributed by atoms with Crippen LogP contribution in [-0.2, 0) is 0 Å². The molecule has 0 spiro atoms. The van der Waals surface area contributed by atoms with E-state index in [4.69, 9.17) is 4.74 Å². The maximum Gasteiger partial charge on any atom is 0.278 e. The quantitative estimate of drug-likeness (QED) is 0.852. The molecule has 0 saturated heterocycles. The summed E-state index contributed by atoms with van der Waals surface area (Å²) in [5, 5.41) is 7.85. The van der Waals surface area contributed by atoms with Gasteiger partial charge in [0.2, 0.25) is 5.88 Å². The van der Waals surface area contributed by atoms with Gasteiger partial charge in [-0.15, -0.1) is 22.0 Å². The molecule has 5 nitrogen and oxygen atoms in total. The van der Waals surface area contributed by atoms with E-state index in [0.717, 1.165) is 10.6 Å². The number of fused-ring (bicyclic) bond motifs is 1. The molecule has 0 atom stereocenters. The molecule has 1 aliphatic rings. The Hall–Kier alpha value is -2.08. The zero-order valence-electron chi connectivity index (χ0n) is 12.7. The number of nitrogens with zero attached hydrogens (tertiary/aromatic N) is 3. The average molecular weight is 315 g/mol. The Morgan fingerprint density at radius 1 is 1.23 bits per heavy atom. The highest BCUT2D eigenvalue weighted by atomic mass is 32.2. The molecule has 1 aromatic heterocycles. The normalized spacial score (nSPS) is 16.0. The third-order valence-corrected chi connectivity index (χ3v) is 4.64. The van der Waals surface area contributed by atoms with E-state index >= 15 is 0 Å². The topological polar surface area (TPSA) is 55.3 Å². The van der Waals surface area contributed by atoms with Crippen LogP contribution in [0.25, 0.3) is 0 Å². The third-order valence-electron chi connectivity index (χ3n) is 3.39. The second kappa shape index (κ2) is 5.61. The van der Waals surface area contributed by atoms with Crippen molar-refractivity contribution in [1.82, 2.24) is 10.2 Å². The van der Waals surface area contributed by atoms with Crippen molar-refractivity contribution in [3.8, 4) is 5.88 Å². The van der Waals surface area contributed by atoms with Crippen molar-refractivity contribution in [2.75, 3.05) is 18.6 Å². The SMILES string of the molecule is COc1ccc(C(=O)N2CC(C)(C)Sc3ccccc32)nn1. The van der Waals surface area contributed by atoms with Crippen LogP contribution in [0, 0.1) is 0 Å². The molecule has 1 aromatic carbocycles. The van der Waals surface area contributed by atoms with Crippen molar-refractivity contribution in [3.05, 3.63) is 42.1 Å². The van der Waals surface area contributed by atoms with Crippen LogP contribution in [0.3, 0.4) is 0 Å². The lowest BCUT2D eigenvalue weighted by Crippen LogP contribution is -2.44. The van der Waals surface area contributed by atoms with Gasteiger partial charge in [-0.3, -0.25) is 4.79 Å². The summed E-state index contributed by atoms with van der Waals surface area (Å²) in [5.41, 5.74) is 1.24. The zero-order valence-corrected chi connectivity index (χ0v) is 13.6. The number of ether oxygens (including phenoxy) is 1. The van der Waals surface area contributed by atoms with Crippen LogP contribution in [-0.4, -0.2) is 34.5 Å². The summed E-state index contributed by atoms with van der Waals surface area (Å²) >= 11 is 1.79. The molecule has 0 fully saturated rings. The largest absolute Gasteiger partial charge is 0.480 e. The number of hydrogen-bond acceptors (Lipinski definition) is 5. The van der Waals surface area contributed by atoms with Crippen molar-refractivity contribution in [1.29, 1.82) is 0 Å². The number of para-hydroxylation sites is 1. The minimum Gasteiger partial charge on any atom is -0.480 e. The molecule has 0 N–H and O–H groups in total. The van der Waals surface area contributed by atoms with E-state index in [-0.39, 0.29) is 10.7 Å². The van der Waals surface area contributed by atoms with Crippen LogP contribution in [0.2, 0.25) is 0 Å². The second-order valence-corrected chi connectivity index (χ2v) is 7.43. The Kier molecular flexibility index (Phi) is 3.78. The smallest absolute Gasteiger partial charge is 0.278 e. The van der Waals surface area contributed by atoms with Crippen LogP contribution < -0.4 is 9.64 Å². The first kappa shape index (κ1) is 14.8. The van der Waals surface area contributed by atoms with Gasteiger partial charge >= 0.3 is 0 Å². The zero-order chi connectivity index (χ0) is 15.7. The van der Waals surface area contributed by atoms with Gasteiger partial charge in [-0.1, -0.05) is 12.1 Å². The predicted molar refractivity (Wildman–Crippen MR) is 86.6 cm³/mol. The average Bonchev–Trinajstić information content (AvgIpc) is 2.52. The van der Waals surface area contributed by atoms with Crippen molar-refractivity contribution >= 4 is 23.4 Å². The summed E-state index contributed by atoms with van der Waals surface area (Å²) < 4.78 is 4.93. The fraction of sp³-hybridized carbons (Fsp3) is 0.312. The van der Waals surface area contributed by atoms with Crippen LogP contribution in [0.5, 0.6) is 5.88 Å². The first-order valence-corrected chi connectivity index (χ1v) is 7.79. The fourth-order valence-electron chi connectivity index (χ4n) is 2.42. The molecule has 22 heavy (non-hydrogen) atoms. The molecular formula is C16H17N3O2S. The van der Waals surface area contributed by atoms with Crippen LogP contribution in [0.15, 0.2) is 41.3 Å². The van der Waals surface area contributed by atoms with Crippen LogP contribution in [0.4, 0.5) is 5.69 Å². The van der Waals surface area contributed by atoms with Gasteiger partial charge in [0.15, 0.2) is 5.69 Å². The highest BCUT2D eigenvalue weighted by Gasteiger charge is 2.34. The molecule has 0 unspecified atom stereocenters. The molecular weight excluding hydrogens is 298 g/mol. The number of thioether (sulfide) groups is 1. The third kappa shape index (κ3) is 2.78. The monoisotopic (exact) mass is 315 g/mol. The number of amides is 1. The molecule has 0 saturated carbocycles. The van der Waals surface area contributed by atoms with E-state index in [9.17, 15) is 4.79 Å². The molecule has 114 valence electrons. The van der Waals surface area contributed by atoms with Gasteiger partial charge < -0.3 is 9.64 Å². The molecule has 1 amide bonds. The highest BCUT2D eigenvalue weighted by Crippen LogP contribution is 2.44. The Bertz CT molecular complexity index is 701. The molecule has 0 bridgehead atoms. The Balaban J connectivity index is 1.97. The lowest BCUT2D eigenvalue weighted by atomic mass is 10.1. The molecule has 0 radical (unpaired) electrons. The van der Waals surface area contributed by atoms with Gasteiger partial charge in [-0.2, -0.15) is 0 Å². The number of carbonyl (C=O) groups is 1. The summed E-state index contributed by atoms with van der Waals surface area (Å²) in [5.74, 6) is 0.252. The van der Waals surface area contributed by atoms with Crippen LogP contribution in [0.1, 0.15) is 24.3 Å². The van der Waals surface area contributed by atoms with Crippen LogP contribution >= 0.6 is 11.8 Å². The summed E-state index contributed by atoms with van der Waals surface area (Å²) in [6, 6.07) is 11.2. The van der Waals surface area contributed by atoms with Gasteiger partial charge in [-0.05, 0) is 32.0 Å². The number of anilines is 1. The minimum absolute atomic E-state index is 0.0517. The van der Waals surface area contributed by atoms with Gasteiger partial charge in [0, 0.05) is 22.3 Å². The van der Waals surface area contributed by atoms with Crippen molar-refractivity contribution < 1.29 is 9.53 Å². The molecule has 2 heterocycles. The van der Waals surface area contributed by atoms with E-state index < -0.39 is 0 Å². The maximum absolute atomic E-state index is 12.8. The fourth-order valence-corrected chi connectivity index (χ4v) is 3.64. The highest BCUT2D eigenvalue weighted by molar-refractivity contribution is 8.00. The van der Waals surface area contributed by atoms with Gasteiger partial charge in [0.05, 0.1) is 12.8 Å². The molecule has 0 aliphatic carbocycles. The summed E-state index contributed by atoms with van der Waals surface area (Å²) in [6.45, 7) is 4.89. The van der Waals surface area contributed by atoms with Crippen molar-refractivity contribution in [3.63, 3.8) is 0 Å². The Morgan fingerprint density at radius 2 is 2.00 bits per heavy atom. The molecule has 6 heteroatoms. The number of aromatic nitrogens is 2. The summed E-state index contributed by atoms with van der Waals surface area (Å²) in [6.07, 6.45) is 0. The first-order chi connectivity index (χ1) is 10.5. The number of rotatable bonds is 2. The Labute approximate surface area is 133 Å². The van der Waals surface area contributed by atoms with E-state index in [1.54, 1.807) is 28.8 Å². The van der Waals surface area contributed by atoms with Gasteiger partial charge in [0.25, 0.3) is 5.91 Å². The van der Waals surface area contributed by atoms with E-state index in [1.807, 2.05) is 24.3 Å². The van der Waals surface area contributed by atoms with Crippen molar-refractivity contribution in [2.45, 2.75) is 23.5 Å². The molecule has 1 aliphatic heterocycles. The van der Waals surface area contributed by atoms with E-state index in [2.05, 4.69) is 24.0 Å². The molecule has 2 aromatic rings.